The number of rotatable bonds is 3. The molecule has 0 saturated carbocycles. The van der Waals surface area contributed by atoms with Crippen molar-refractivity contribution in [3.8, 4) is 0 Å². The number of carbonyl (C=O) groups is 1. The average Bonchev–Trinajstić information content (AvgIpc) is 2.87. The Morgan fingerprint density at radius 1 is 1.26 bits per heavy atom. The summed E-state index contributed by atoms with van der Waals surface area (Å²) < 4.78 is 37.9. The Labute approximate surface area is 142 Å². The van der Waals surface area contributed by atoms with Gasteiger partial charge in [0.25, 0.3) is 0 Å². The molecular formula is C13H12BrF3N4OS. The van der Waals surface area contributed by atoms with E-state index in [9.17, 15) is 18.0 Å². The number of halogens is 4. The molecule has 0 aromatic carbocycles. The second-order valence-corrected chi connectivity index (χ2v) is 7.56. The Morgan fingerprint density at radius 3 is 2.61 bits per heavy atom. The lowest BCUT2D eigenvalue weighted by Gasteiger charge is -2.35. The van der Waals surface area contributed by atoms with Crippen molar-refractivity contribution in [2.75, 3.05) is 37.6 Å². The molecule has 1 aliphatic rings. The van der Waals surface area contributed by atoms with Crippen LogP contribution in [0.15, 0.2) is 16.2 Å². The first-order valence-electron chi connectivity index (χ1n) is 6.82. The predicted octanol–water partition coefficient (Wildman–Crippen LogP) is 2.71. The molecule has 0 radical (unpaired) electrons. The van der Waals surface area contributed by atoms with Gasteiger partial charge in [0.05, 0.1) is 15.7 Å². The summed E-state index contributed by atoms with van der Waals surface area (Å²) in [6, 6.07) is 1.94. The van der Waals surface area contributed by atoms with Crippen molar-refractivity contribution in [2.45, 2.75) is 6.18 Å². The minimum Gasteiger partial charge on any atom is -0.353 e. The van der Waals surface area contributed by atoms with Crippen LogP contribution >= 0.6 is 27.3 Å². The predicted molar refractivity (Wildman–Crippen MR) is 84.8 cm³/mol. The molecule has 5 nitrogen and oxygen atoms in total. The monoisotopic (exact) mass is 408 g/mol. The molecule has 0 spiro atoms. The van der Waals surface area contributed by atoms with Crippen molar-refractivity contribution in [1.82, 2.24) is 14.9 Å². The molecule has 3 heterocycles. The minimum absolute atomic E-state index is 0.388. The number of ketones is 1. The smallest absolute Gasteiger partial charge is 0.353 e. The van der Waals surface area contributed by atoms with E-state index in [-0.39, 0.29) is 0 Å². The third-order valence-electron chi connectivity index (χ3n) is 3.63. The van der Waals surface area contributed by atoms with Crippen molar-refractivity contribution in [1.29, 1.82) is 0 Å². The van der Waals surface area contributed by atoms with Gasteiger partial charge in [0.2, 0.25) is 5.78 Å². The van der Waals surface area contributed by atoms with E-state index >= 15 is 0 Å². The maximum Gasteiger partial charge on any atom is 0.451 e. The Bertz CT molecular complexity index is 728. The summed E-state index contributed by atoms with van der Waals surface area (Å²) in [5, 5.41) is 0.921. The van der Waals surface area contributed by atoms with E-state index in [1.807, 2.05) is 11.0 Å². The highest BCUT2D eigenvalue weighted by Crippen LogP contribution is 2.33. The van der Waals surface area contributed by atoms with Gasteiger partial charge in [0.15, 0.2) is 0 Å². The summed E-state index contributed by atoms with van der Waals surface area (Å²) in [7, 11) is 0. The van der Waals surface area contributed by atoms with Crippen LogP contribution < -0.4 is 4.90 Å². The lowest BCUT2D eigenvalue weighted by Crippen LogP contribution is -2.49. The van der Waals surface area contributed by atoms with Gasteiger partial charge in [-0.1, -0.05) is 0 Å². The first-order valence-corrected chi connectivity index (χ1v) is 8.43. The molecule has 1 fully saturated rings. The van der Waals surface area contributed by atoms with Gasteiger partial charge in [-0.25, -0.2) is 9.97 Å². The molecular weight excluding hydrogens is 397 g/mol. The largest absolute Gasteiger partial charge is 0.451 e. The van der Waals surface area contributed by atoms with Gasteiger partial charge in [-0.3, -0.25) is 9.69 Å². The van der Waals surface area contributed by atoms with Gasteiger partial charge in [-0.05, 0) is 22.0 Å². The van der Waals surface area contributed by atoms with Crippen LogP contribution in [0, 0.1) is 0 Å². The number of thiophene rings is 1. The van der Waals surface area contributed by atoms with Crippen molar-refractivity contribution in [3.05, 3.63) is 16.2 Å². The van der Waals surface area contributed by atoms with Gasteiger partial charge in [-0.2, -0.15) is 13.2 Å². The second-order valence-electron chi connectivity index (χ2n) is 5.15. The van der Waals surface area contributed by atoms with Crippen LogP contribution in [0.4, 0.5) is 19.0 Å². The summed E-state index contributed by atoms with van der Waals surface area (Å²) >= 11 is 4.92. The zero-order valence-corrected chi connectivity index (χ0v) is 14.2. The summed E-state index contributed by atoms with van der Waals surface area (Å²) in [4.78, 5) is 24.0. The number of alkyl halides is 3. The molecule has 0 unspecified atom stereocenters. The number of hydrogen-bond donors (Lipinski definition) is 0. The number of anilines is 1. The molecule has 3 rings (SSSR count). The number of fused-ring (bicyclic) bond motifs is 1. The number of aromatic nitrogens is 2. The van der Waals surface area contributed by atoms with Crippen molar-refractivity contribution in [2.24, 2.45) is 0 Å². The fourth-order valence-electron chi connectivity index (χ4n) is 2.48. The average molecular weight is 409 g/mol. The topological polar surface area (TPSA) is 49.3 Å². The zero-order chi connectivity index (χ0) is 16.6. The molecule has 124 valence electrons. The number of Topliss-reactive ketones (excluding diaryl/α,β-unsaturated/α-hetero) is 1. The normalized spacial score (nSPS) is 17.0. The zero-order valence-electron chi connectivity index (χ0n) is 11.8. The quantitative estimate of drug-likeness (QED) is 0.781. The molecule has 1 aliphatic heterocycles. The molecule has 10 heteroatoms. The van der Waals surface area contributed by atoms with Gasteiger partial charge in [0, 0.05) is 26.2 Å². The molecule has 0 bridgehead atoms. The first kappa shape index (κ1) is 16.6. The van der Waals surface area contributed by atoms with Crippen LogP contribution in [0.2, 0.25) is 0 Å². The molecule has 0 N–H and O–H groups in total. The molecule has 1 saturated heterocycles. The summed E-state index contributed by atoms with van der Waals surface area (Å²) in [5.74, 6) is -0.920. The molecule has 2 aromatic rings. The van der Waals surface area contributed by atoms with Gasteiger partial charge >= 0.3 is 6.18 Å². The Balaban J connectivity index is 1.68. The molecule has 0 amide bonds. The maximum atomic E-state index is 12.3. The third-order valence-corrected chi connectivity index (χ3v) is 5.18. The second kappa shape index (κ2) is 6.33. The van der Waals surface area contributed by atoms with Crippen LogP contribution in [0.1, 0.15) is 0 Å². The standard InChI is InChI=1S/C13H12BrF3N4OS/c14-10-5-8-11(18-7-19-12(8)23-10)21-3-1-20(2-4-21)6-9(22)13(15,16)17/h5,7H,1-4,6H2. The number of piperazine rings is 1. The third kappa shape index (κ3) is 3.64. The highest BCUT2D eigenvalue weighted by atomic mass is 79.9. The van der Waals surface area contributed by atoms with Crippen molar-refractivity contribution in [3.63, 3.8) is 0 Å². The number of carbonyl (C=O) groups excluding carboxylic acids is 1. The summed E-state index contributed by atoms with van der Waals surface area (Å²) in [6.07, 6.45) is -3.28. The summed E-state index contributed by atoms with van der Waals surface area (Å²) in [5.41, 5.74) is 0. The Hall–Kier alpha value is -1.26. The molecule has 2 aromatic heterocycles. The minimum atomic E-state index is -4.76. The SMILES string of the molecule is O=C(CN1CCN(c2ncnc3sc(Br)cc23)CC1)C(F)(F)F. The molecule has 23 heavy (non-hydrogen) atoms. The lowest BCUT2D eigenvalue weighted by atomic mass is 10.2. The van der Waals surface area contributed by atoms with Crippen LogP contribution in [0.3, 0.4) is 0 Å². The maximum absolute atomic E-state index is 12.3. The van der Waals surface area contributed by atoms with E-state index in [2.05, 4.69) is 25.9 Å². The first-order chi connectivity index (χ1) is 10.8. The molecule has 0 aliphatic carbocycles. The van der Waals surface area contributed by atoms with Crippen molar-refractivity contribution >= 4 is 49.1 Å². The van der Waals surface area contributed by atoms with Gasteiger partial charge in [0.1, 0.15) is 17.0 Å². The van der Waals surface area contributed by atoms with E-state index in [0.29, 0.717) is 26.2 Å². The summed E-state index contributed by atoms with van der Waals surface area (Å²) in [6.45, 7) is 1.23. The fourth-order valence-corrected chi connectivity index (χ4v) is 3.89. The van der Waals surface area contributed by atoms with Crippen LogP contribution in [0.5, 0.6) is 0 Å². The van der Waals surface area contributed by atoms with Gasteiger partial charge in [-0.15, -0.1) is 11.3 Å². The van der Waals surface area contributed by atoms with E-state index in [0.717, 1.165) is 19.8 Å². The van der Waals surface area contributed by atoms with Crippen LogP contribution in [-0.4, -0.2) is 59.6 Å². The van der Waals surface area contributed by atoms with E-state index in [1.54, 1.807) is 0 Å². The number of hydrogen-bond acceptors (Lipinski definition) is 6. The lowest BCUT2D eigenvalue weighted by molar-refractivity contribution is -0.172. The highest BCUT2D eigenvalue weighted by molar-refractivity contribution is 9.11. The van der Waals surface area contributed by atoms with E-state index in [4.69, 9.17) is 0 Å². The van der Waals surface area contributed by atoms with Gasteiger partial charge < -0.3 is 4.90 Å². The van der Waals surface area contributed by atoms with Crippen LogP contribution in [-0.2, 0) is 4.79 Å². The fraction of sp³-hybridized carbons (Fsp3) is 0.462. The number of nitrogens with zero attached hydrogens (tertiary/aromatic N) is 4. The van der Waals surface area contributed by atoms with Crippen LogP contribution in [0.25, 0.3) is 10.2 Å². The van der Waals surface area contributed by atoms with E-state index < -0.39 is 18.5 Å². The van der Waals surface area contributed by atoms with Crippen molar-refractivity contribution < 1.29 is 18.0 Å². The Kier molecular flexibility index (Phi) is 4.56. The molecule has 0 atom stereocenters. The highest BCUT2D eigenvalue weighted by Gasteiger charge is 2.39. The van der Waals surface area contributed by atoms with E-state index in [1.165, 1.54) is 22.6 Å². The Morgan fingerprint density at radius 2 is 1.96 bits per heavy atom.